The zero-order chi connectivity index (χ0) is 11.8. The van der Waals surface area contributed by atoms with Crippen LogP contribution in [0.25, 0.3) is 0 Å². The van der Waals surface area contributed by atoms with Gasteiger partial charge in [0.15, 0.2) is 6.61 Å². The molecule has 0 saturated heterocycles. The summed E-state index contributed by atoms with van der Waals surface area (Å²) in [6.07, 6.45) is -2.33. The molecule has 16 heavy (non-hydrogen) atoms. The first-order chi connectivity index (χ1) is 7.44. The maximum Gasteiger partial charge on any atom is 0.422 e. The summed E-state index contributed by atoms with van der Waals surface area (Å²) in [7, 11) is 0. The molecule has 0 radical (unpaired) electrons. The Hall–Kier alpha value is -1.33. The molecule has 1 saturated carbocycles. The lowest BCUT2D eigenvalue weighted by molar-refractivity contribution is -0.154. The lowest BCUT2D eigenvalue weighted by Gasteiger charge is -2.09. The molecule has 1 aliphatic rings. The number of nitrogens with zero attached hydrogens (tertiary/aromatic N) is 2. The highest BCUT2D eigenvalue weighted by Crippen LogP contribution is 2.38. The number of aromatic nitrogens is 2. The highest BCUT2D eigenvalue weighted by atomic mass is 19.4. The number of hydrogen-bond donors (Lipinski definition) is 0. The molecule has 3 nitrogen and oxygen atoms in total. The Labute approximate surface area is 90.7 Å². The Morgan fingerprint density at radius 1 is 1.38 bits per heavy atom. The third kappa shape index (κ3) is 3.08. The summed E-state index contributed by atoms with van der Waals surface area (Å²) >= 11 is 0. The first-order valence-corrected chi connectivity index (χ1v) is 4.99. The fourth-order valence-electron chi connectivity index (χ4n) is 1.32. The molecule has 1 aromatic rings. The average Bonchev–Trinajstić information content (AvgIpc) is 2.95. The number of aryl methyl sites for hydroxylation is 1. The summed E-state index contributed by atoms with van der Waals surface area (Å²) in [5.74, 6) is 0.900. The van der Waals surface area contributed by atoms with Crippen LogP contribution in [0.3, 0.4) is 0 Å². The number of halogens is 3. The van der Waals surface area contributed by atoms with Crippen LogP contribution in [0.1, 0.15) is 30.3 Å². The van der Waals surface area contributed by atoms with E-state index in [1.807, 2.05) is 0 Å². The molecule has 0 bridgehead atoms. The first kappa shape index (κ1) is 11.2. The molecule has 2 rings (SSSR count). The van der Waals surface area contributed by atoms with Crippen molar-refractivity contribution in [2.45, 2.75) is 31.9 Å². The van der Waals surface area contributed by atoms with Crippen molar-refractivity contribution in [2.75, 3.05) is 6.61 Å². The van der Waals surface area contributed by atoms with E-state index in [0.29, 0.717) is 17.4 Å². The van der Waals surface area contributed by atoms with Gasteiger partial charge in [0.1, 0.15) is 5.82 Å². The standard InChI is InChI=1S/C10H11F3N2O/c1-6-4-8(16-5-10(11,12)13)15-9(14-6)7-2-3-7/h4,7H,2-3,5H2,1H3. The Kier molecular flexibility index (Phi) is 2.73. The van der Waals surface area contributed by atoms with Gasteiger partial charge in [-0.15, -0.1) is 0 Å². The van der Waals surface area contributed by atoms with E-state index in [2.05, 4.69) is 14.7 Å². The average molecular weight is 232 g/mol. The van der Waals surface area contributed by atoms with Crippen LogP contribution in [0, 0.1) is 6.92 Å². The summed E-state index contributed by atoms with van der Waals surface area (Å²) in [4.78, 5) is 8.13. The maximum absolute atomic E-state index is 11.9. The van der Waals surface area contributed by atoms with Crippen molar-refractivity contribution in [2.24, 2.45) is 0 Å². The maximum atomic E-state index is 11.9. The third-order valence-electron chi connectivity index (χ3n) is 2.17. The van der Waals surface area contributed by atoms with Crippen LogP contribution in [0.4, 0.5) is 13.2 Å². The van der Waals surface area contributed by atoms with Gasteiger partial charge in [0.2, 0.25) is 5.88 Å². The molecule has 1 aromatic heterocycles. The first-order valence-electron chi connectivity index (χ1n) is 4.99. The fourth-order valence-corrected chi connectivity index (χ4v) is 1.32. The smallest absolute Gasteiger partial charge is 0.422 e. The van der Waals surface area contributed by atoms with Gasteiger partial charge in [-0.3, -0.25) is 0 Å². The lowest BCUT2D eigenvalue weighted by Crippen LogP contribution is -2.20. The predicted octanol–water partition coefficient (Wildman–Crippen LogP) is 2.60. The molecule has 6 heteroatoms. The molecule has 0 spiro atoms. The zero-order valence-electron chi connectivity index (χ0n) is 8.71. The lowest BCUT2D eigenvalue weighted by atomic mass is 10.3. The van der Waals surface area contributed by atoms with E-state index in [4.69, 9.17) is 0 Å². The van der Waals surface area contributed by atoms with E-state index in [9.17, 15) is 13.2 Å². The van der Waals surface area contributed by atoms with Crippen LogP contribution < -0.4 is 4.74 Å². The molecule has 1 heterocycles. The molecule has 0 atom stereocenters. The summed E-state index contributed by atoms with van der Waals surface area (Å²) in [5.41, 5.74) is 0.633. The van der Waals surface area contributed by atoms with Crippen molar-refractivity contribution in [3.63, 3.8) is 0 Å². The second kappa shape index (κ2) is 3.92. The minimum absolute atomic E-state index is 0.00623. The molecule has 1 fully saturated rings. The van der Waals surface area contributed by atoms with Gasteiger partial charge in [-0.2, -0.15) is 18.2 Å². The van der Waals surface area contributed by atoms with Crippen LogP contribution in [-0.2, 0) is 0 Å². The summed E-state index contributed by atoms with van der Waals surface area (Å²) in [6, 6.07) is 1.41. The van der Waals surface area contributed by atoms with Crippen molar-refractivity contribution in [3.8, 4) is 5.88 Å². The molecular weight excluding hydrogens is 221 g/mol. The van der Waals surface area contributed by atoms with Crippen LogP contribution in [-0.4, -0.2) is 22.8 Å². The van der Waals surface area contributed by atoms with Gasteiger partial charge in [0, 0.05) is 17.7 Å². The normalized spacial score (nSPS) is 16.2. The largest absolute Gasteiger partial charge is 0.468 e. The third-order valence-corrected chi connectivity index (χ3v) is 2.17. The van der Waals surface area contributed by atoms with Gasteiger partial charge in [-0.05, 0) is 19.8 Å². The van der Waals surface area contributed by atoms with E-state index in [-0.39, 0.29) is 5.88 Å². The fraction of sp³-hybridized carbons (Fsp3) is 0.600. The van der Waals surface area contributed by atoms with Crippen LogP contribution in [0.2, 0.25) is 0 Å². The predicted molar refractivity (Wildman–Crippen MR) is 50.3 cm³/mol. The Bertz CT molecular complexity index is 388. The molecule has 0 amide bonds. The summed E-state index contributed by atoms with van der Waals surface area (Å²) in [6.45, 7) is 0.404. The SMILES string of the molecule is Cc1cc(OCC(F)(F)F)nc(C2CC2)n1. The second-order valence-corrected chi connectivity index (χ2v) is 3.88. The monoisotopic (exact) mass is 232 g/mol. The van der Waals surface area contributed by atoms with E-state index in [1.165, 1.54) is 6.07 Å². The number of rotatable bonds is 3. The minimum Gasteiger partial charge on any atom is -0.468 e. The van der Waals surface area contributed by atoms with Crippen molar-refractivity contribution in [1.82, 2.24) is 9.97 Å². The van der Waals surface area contributed by atoms with Crippen molar-refractivity contribution in [3.05, 3.63) is 17.6 Å². The van der Waals surface area contributed by atoms with E-state index >= 15 is 0 Å². The highest BCUT2D eigenvalue weighted by Gasteiger charge is 2.30. The van der Waals surface area contributed by atoms with Gasteiger partial charge < -0.3 is 4.74 Å². The molecule has 0 aromatic carbocycles. The van der Waals surface area contributed by atoms with E-state index in [1.54, 1.807) is 6.92 Å². The van der Waals surface area contributed by atoms with Gasteiger partial charge in [-0.25, -0.2) is 4.98 Å². The van der Waals surface area contributed by atoms with Gasteiger partial charge in [-0.1, -0.05) is 0 Å². The molecule has 0 aliphatic heterocycles. The van der Waals surface area contributed by atoms with Crippen molar-refractivity contribution in [1.29, 1.82) is 0 Å². The quantitative estimate of drug-likeness (QED) is 0.803. The number of hydrogen-bond acceptors (Lipinski definition) is 3. The van der Waals surface area contributed by atoms with Crippen LogP contribution in [0.15, 0.2) is 6.07 Å². The summed E-state index contributed by atoms with van der Waals surface area (Å²) < 4.78 is 40.4. The van der Waals surface area contributed by atoms with E-state index < -0.39 is 12.8 Å². The highest BCUT2D eigenvalue weighted by molar-refractivity contribution is 5.19. The Morgan fingerprint density at radius 3 is 2.62 bits per heavy atom. The van der Waals surface area contributed by atoms with Gasteiger partial charge in [0.05, 0.1) is 0 Å². The molecule has 88 valence electrons. The van der Waals surface area contributed by atoms with Gasteiger partial charge in [0.25, 0.3) is 0 Å². The Balaban J connectivity index is 2.08. The van der Waals surface area contributed by atoms with Crippen LogP contribution in [0.5, 0.6) is 5.88 Å². The minimum atomic E-state index is -4.33. The molecule has 0 unspecified atom stereocenters. The van der Waals surface area contributed by atoms with Gasteiger partial charge >= 0.3 is 6.18 Å². The van der Waals surface area contributed by atoms with Crippen molar-refractivity contribution >= 4 is 0 Å². The number of alkyl halides is 3. The topological polar surface area (TPSA) is 35.0 Å². The van der Waals surface area contributed by atoms with E-state index in [0.717, 1.165) is 12.8 Å². The summed E-state index contributed by atoms with van der Waals surface area (Å²) in [5, 5.41) is 0. The second-order valence-electron chi connectivity index (χ2n) is 3.88. The zero-order valence-corrected chi connectivity index (χ0v) is 8.71. The number of ether oxygens (including phenoxy) is 1. The van der Waals surface area contributed by atoms with Crippen LogP contribution >= 0.6 is 0 Å². The molecular formula is C10H11F3N2O. The molecule has 0 N–H and O–H groups in total. The molecule has 1 aliphatic carbocycles. The Morgan fingerprint density at radius 2 is 2.06 bits per heavy atom. The van der Waals surface area contributed by atoms with Crippen molar-refractivity contribution < 1.29 is 17.9 Å².